The Morgan fingerprint density at radius 3 is 2.46 bits per heavy atom. The van der Waals surface area contributed by atoms with Crippen LogP contribution >= 0.6 is 11.6 Å². The number of rotatable bonds is 6. The molecule has 6 heteroatoms. The Labute approximate surface area is 173 Å². The third kappa shape index (κ3) is 5.86. The Kier molecular flexibility index (Phi) is 6.94. The SMILES string of the molecule is CCN(c1cc(Cl)cc(Nc2ccc(C(=O)OC(C)(C)C)c(C)c2)n1)C(C)C. The van der Waals surface area contributed by atoms with Crippen molar-refractivity contribution in [1.29, 1.82) is 0 Å². The zero-order chi connectivity index (χ0) is 21.1. The number of nitrogens with zero attached hydrogens (tertiary/aromatic N) is 2. The minimum Gasteiger partial charge on any atom is -0.456 e. The van der Waals surface area contributed by atoms with Crippen molar-refractivity contribution in [3.05, 3.63) is 46.5 Å². The number of esters is 1. The van der Waals surface area contributed by atoms with Gasteiger partial charge in [0.1, 0.15) is 17.2 Å². The van der Waals surface area contributed by atoms with E-state index in [-0.39, 0.29) is 5.97 Å². The Morgan fingerprint density at radius 1 is 1.25 bits per heavy atom. The second-order valence-electron chi connectivity index (χ2n) is 8.07. The Hall–Kier alpha value is -2.27. The molecule has 152 valence electrons. The summed E-state index contributed by atoms with van der Waals surface area (Å²) >= 11 is 6.31. The van der Waals surface area contributed by atoms with Gasteiger partial charge in [-0.1, -0.05) is 11.6 Å². The number of ether oxygens (including phenoxy) is 1. The summed E-state index contributed by atoms with van der Waals surface area (Å²) in [4.78, 5) is 19.2. The molecular formula is C22H30ClN3O2. The molecular weight excluding hydrogens is 374 g/mol. The Balaban J connectivity index is 2.25. The average Bonchev–Trinajstić information content (AvgIpc) is 2.52. The van der Waals surface area contributed by atoms with E-state index in [0.29, 0.717) is 22.4 Å². The van der Waals surface area contributed by atoms with Crippen molar-refractivity contribution in [3.63, 3.8) is 0 Å². The van der Waals surface area contributed by atoms with Gasteiger partial charge in [0.2, 0.25) is 0 Å². The number of halogens is 1. The van der Waals surface area contributed by atoms with Crippen LogP contribution in [0.25, 0.3) is 0 Å². The molecule has 1 aromatic heterocycles. The molecule has 0 saturated heterocycles. The fourth-order valence-corrected chi connectivity index (χ4v) is 3.14. The maximum atomic E-state index is 12.3. The van der Waals surface area contributed by atoms with Crippen LogP contribution in [0.1, 0.15) is 57.5 Å². The molecule has 0 spiro atoms. The minimum absolute atomic E-state index is 0.319. The standard InChI is InChI=1S/C22H30ClN3O2/c1-8-26(14(2)3)20-13-16(23)12-19(25-20)24-17-9-10-18(15(4)11-17)21(27)28-22(5,6)7/h9-14H,8H2,1-7H3,(H,24,25). The number of pyridine rings is 1. The van der Waals surface area contributed by atoms with Crippen molar-refractivity contribution in [2.75, 3.05) is 16.8 Å². The summed E-state index contributed by atoms with van der Waals surface area (Å²) in [6, 6.07) is 9.49. The summed E-state index contributed by atoms with van der Waals surface area (Å²) in [7, 11) is 0. The highest BCUT2D eigenvalue weighted by atomic mass is 35.5. The quantitative estimate of drug-likeness (QED) is 0.601. The van der Waals surface area contributed by atoms with E-state index >= 15 is 0 Å². The number of anilines is 3. The van der Waals surface area contributed by atoms with Crippen LogP contribution in [-0.2, 0) is 4.74 Å². The molecule has 0 aliphatic heterocycles. The molecule has 28 heavy (non-hydrogen) atoms. The molecule has 0 unspecified atom stereocenters. The van der Waals surface area contributed by atoms with Gasteiger partial charge in [-0.25, -0.2) is 9.78 Å². The summed E-state index contributed by atoms with van der Waals surface area (Å²) in [5.41, 5.74) is 1.69. The smallest absolute Gasteiger partial charge is 0.338 e. The molecule has 0 aliphatic rings. The molecule has 1 N–H and O–H groups in total. The van der Waals surface area contributed by atoms with Crippen LogP contribution in [0.4, 0.5) is 17.3 Å². The molecule has 0 fully saturated rings. The molecule has 1 heterocycles. The molecule has 2 aromatic rings. The molecule has 1 aromatic carbocycles. The van der Waals surface area contributed by atoms with Gasteiger partial charge in [-0.05, 0) is 84.4 Å². The third-order valence-electron chi connectivity index (χ3n) is 4.15. The molecule has 0 radical (unpaired) electrons. The van der Waals surface area contributed by atoms with E-state index in [2.05, 4.69) is 31.0 Å². The van der Waals surface area contributed by atoms with Gasteiger partial charge >= 0.3 is 5.97 Å². The van der Waals surface area contributed by atoms with E-state index in [9.17, 15) is 4.79 Å². The van der Waals surface area contributed by atoms with Gasteiger partial charge < -0.3 is 15.0 Å². The number of aromatic nitrogens is 1. The molecule has 0 saturated carbocycles. The highest BCUT2D eigenvalue weighted by molar-refractivity contribution is 6.31. The number of carbonyl (C=O) groups excluding carboxylic acids is 1. The summed E-state index contributed by atoms with van der Waals surface area (Å²) in [5.74, 6) is 1.16. The van der Waals surface area contributed by atoms with Crippen molar-refractivity contribution in [3.8, 4) is 0 Å². The van der Waals surface area contributed by atoms with E-state index in [1.54, 1.807) is 12.1 Å². The second-order valence-corrected chi connectivity index (χ2v) is 8.50. The third-order valence-corrected chi connectivity index (χ3v) is 4.37. The maximum Gasteiger partial charge on any atom is 0.338 e. The normalized spacial score (nSPS) is 11.5. The van der Waals surface area contributed by atoms with Crippen LogP contribution in [0, 0.1) is 6.92 Å². The minimum atomic E-state index is -0.525. The van der Waals surface area contributed by atoms with E-state index in [0.717, 1.165) is 23.6 Å². The lowest BCUT2D eigenvalue weighted by Gasteiger charge is -2.27. The lowest BCUT2D eigenvalue weighted by Crippen LogP contribution is -2.31. The molecule has 2 rings (SSSR count). The predicted molar refractivity (Wildman–Crippen MR) is 117 cm³/mol. The van der Waals surface area contributed by atoms with Crippen molar-refractivity contribution in [1.82, 2.24) is 4.98 Å². The van der Waals surface area contributed by atoms with Crippen molar-refractivity contribution in [2.24, 2.45) is 0 Å². The number of hydrogen-bond acceptors (Lipinski definition) is 5. The van der Waals surface area contributed by atoms with Crippen molar-refractivity contribution in [2.45, 2.75) is 60.1 Å². The molecule has 0 atom stereocenters. The predicted octanol–water partition coefficient (Wildman–Crippen LogP) is 5.98. The molecule has 5 nitrogen and oxygen atoms in total. The number of aryl methyl sites for hydroxylation is 1. The van der Waals surface area contributed by atoms with Gasteiger partial charge in [-0.2, -0.15) is 0 Å². The van der Waals surface area contributed by atoms with Gasteiger partial charge in [0.05, 0.1) is 5.56 Å². The first-order valence-corrected chi connectivity index (χ1v) is 9.93. The first-order valence-electron chi connectivity index (χ1n) is 9.55. The van der Waals surface area contributed by atoms with Crippen molar-refractivity contribution < 1.29 is 9.53 Å². The average molecular weight is 404 g/mol. The van der Waals surface area contributed by atoms with Crippen LogP contribution < -0.4 is 10.2 Å². The van der Waals surface area contributed by atoms with Crippen molar-refractivity contribution >= 4 is 34.9 Å². The topological polar surface area (TPSA) is 54.5 Å². The zero-order valence-electron chi connectivity index (χ0n) is 17.8. The first kappa shape index (κ1) is 22.0. The summed E-state index contributed by atoms with van der Waals surface area (Å²) in [6.07, 6.45) is 0. The molecule has 0 aliphatic carbocycles. The number of benzene rings is 1. The molecule has 0 bridgehead atoms. The van der Waals surface area contributed by atoms with Crippen LogP contribution in [0.3, 0.4) is 0 Å². The Morgan fingerprint density at radius 2 is 1.93 bits per heavy atom. The van der Waals surface area contributed by atoms with Crippen LogP contribution in [0.15, 0.2) is 30.3 Å². The van der Waals surface area contributed by atoms with Gasteiger partial charge in [-0.15, -0.1) is 0 Å². The number of carbonyl (C=O) groups is 1. The van der Waals surface area contributed by atoms with Crippen LogP contribution in [0.2, 0.25) is 5.02 Å². The van der Waals surface area contributed by atoms with E-state index in [1.165, 1.54) is 0 Å². The zero-order valence-corrected chi connectivity index (χ0v) is 18.5. The van der Waals surface area contributed by atoms with Gasteiger partial charge in [0, 0.05) is 23.3 Å². The van der Waals surface area contributed by atoms with E-state index in [1.807, 2.05) is 45.9 Å². The van der Waals surface area contributed by atoms with Gasteiger partial charge in [0.15, 0.2) is 0 Å². The first-order chi connectivity index (χ1) is 13.0. The summed E-state index contributed by atoms with van der Waals surface area (Å²) < 4.78 is 5.46. The summed E-state index contributed by atoms with van der Waals surface area (Å²) in [5, 5.41) is 3.90. The lowest BCUT2D eigenvalue weighted by atomic mass is 10.1. The highest BCUT2D eigenvalue weighted by Crippen LogP contribution is 2.26. The van der Waals surface area contributed by atoms with Crippen LogP contribution in [-0.4, -0.2) is 29.1 Å². The Bertz CT molecular complexity index is 844. The van der Waals surface area contributed by atoms with Gasteiger partial charge in [0.25, 0.3) is 0 Å². The fourth-order valence-electron chi connectivity index (χ4n) is 2.94. The van der Waals surface area contributed by atoms with E-state index in [4.69, 9.17) is 21.3 Å². The summed E-state index contributed by atoms with van der Waals surface area (Å²) in [6.45, 7) is 14.6. The largest absolute Gasteiger partial charge is 0.456 e. The second kappa shape index (κ2) is 8.82. The van der Waals surface area contributed by atoms with Crippen LogP contribution in [0.5, 0.6) is 0 Å². The monoisotopic (exact) mass is 403 g/mol. The van der Waals surface area contributed by atoms with Gasteiger partial charge in [-0.3, -0.25) is 0 Å². The number of hydrogen-bond donors (Lipinski definition) is 1. The lowest BCUT2D eigenvalue weighted by molar-refractivity contribution is 0.00688. The highest BCUT2D eigenvalue weighted by Gasteiger charge is 2.19. The fraction of sp³-hybridized carbons (Fsp3) is 0.455. The number of nitrogens with one attached hydrogen (secondary N) is 1. The van der Waals surface area contributed by atoms with E-state index < -0.39 is 5.60 Å². The maximum absolute atomic E-state index is 12.3. The molecule has 0 amide bonds.